The number of aldehydes is 2. The fraction of sp³-hybridized carbons (Fsp3) is 0.840. The van der Waals surface area contributed by atoms with Crippen molar-refractivity contribution in [2.75, 3.05) is 0 Å². The van der Waals surface area contributed by atoms with Crippen molar-refractivity contribution in [3.63, 3.8) is 0 Å². The lowest BCUT2D eigenvalue weighted by Crippen LogP contribution is -2.66. The molecule has 0 unspecified atom stereocenters. The third-order valence-corrected chi connectivity index (χ3v) is 10.5. The molecule has 0 aromatic rings. The normalized spacial score (nSPS) is 52.5. The summed E-state index contributed by atoms with van der Waals surface area (Å²) >= 11 is 0. The van der Waals surface area contributed by atoms with Gasteiger partial charge in [0, 0.05) is 5.41 Å². The molecule has 0 bridgehead atoms. The van der Waals surface area contributed by atoms with Crippen molar-refractivity contribution in [2.45, 2.75) is 85.7 Å². The largest absolute Gasteiger partial charge is 0.393 e. The van der Waals surface area contributed by atoms with Gasteiger partial charge in [0.15, 0.2) is 0 Å². The monoisotopic (exact) mass is 386 g/mol. The zero-order valence-electron chi connectivity index (χ0n) is 18.3. The van der Waals surface area contributed by atoms with Crippen LogP contribution in [0.1, 0.15) is 79.6 Å². The van der Waals surface area contributed by atoms with Crippen molar-refractivity contribution < 1.29 is 14.7 Å². The molecule has 3 fully saturated rings. The summed E-state index contributed by atoms with van der Waals surface area (Å²) in [4.78, 5) is 23.7. The zero-order valence-corrected chi connectivity index (χ0v) is 18.3. The van der Waals surface area contributed by atoms with Gasteiger partial charge in [-0.1, -0.05) is 47.1 Å². The van der Waals surface area contributed by atoms with Crippen molar-refractivity contribution in [2.24, 2.45) is 45.3 Å². The molecule has 0 heterocycles. The first-order chi connectivity index (χ1) is 13.1. The highest BCUT2D eigenvalue weighted by Crippen LogP contribution is 2.72. The van der Waals surface area contributed by atoms with E-state index >= 15 is 0 Å². The fourth-order valence-corrected chi connectivity index (χ4v) is 9.10. The molecule has 3 nitrogen and oxygen atoms in total. The van der Waals surface area contributed by atoms with Gasteiger partial charge in [-0.2, -0.15) is 0 Å². The Bertz CT molecular complexity index is 709. The molecule has 0 aliphatic heterocycles. The number of fused-ring (bicyclic) bond motifs is 5. The summed E-state index contributed by atoms with van der Waals surface area (Å²) in [6, 6.07) is 0. The molecule has 28 heavy (non-hydrogen) atoms. The molecule has 3 saturated carbocycles. The predicted octanol–water partition coefficient (Wildman–Crippen LogP) is 4.97. The van der Waals surface area contributed by atoms with Crippen LogP contribution in [-0.2, 0) is 9.59 Å². The van der Waals surface area contributed by atoms with E-state index in [0.29, 0.717) is 22.8 Å². The van der Waals surface area contributed by atoms with Crippen molar-refractivity contribution in [3.8, 4) is 0 Å². The highest BCUT2D eigenvalue weighted by atomic mass is 16.3. The molecule has 0 aromatic heterocycles. The number of aliphatic hydroxyl groups excluding tert-OH is 1. The molecule has 0 aromatic carbocycles. The summed E-state index contributed by atoms with van der Waals surface area (Å²) in [7, 11) is 0. The number of allylic oxidation sites excluding steroid dienone is 2. The molecular weight excluding hydrogens is 348 g/mol. The number of aliphatic hydroxyl groups is 1. The number of carbonyl (C=O) groups excluding carboxylic acids is 2. The molecule has 4 rings (SSSR count). The van der Waals surface area contributed by atoms with Crippen molar-refractivity contribution >= 4 is 12.6 Å². The van der Waals surface area contributed by atoms with Crippen LogP contribution in [0.5, 0.6) is 0 Å². The van der Waals surface area contributed by atoms with Gasteiger partial charge < -0.3 is 9.90 Å². The van der Waals surface area contributed by atoms with E-state index in [9.17, 15) is 14.7 Å². The Labute approximate surface area is 170 Å². The summed E-state index contributed by atoms with van der Waals surface area (Å²) in [6.07, 6.45) is 11.1. The Balaban J connectivity index is 1.81. The Morgan fingerprint density at radius 1 is 0.964 bits per heavy atom. The molecule has 0 saturated heterocycles. The van der Waals surface area contributed by atoms with Gasteiger partial charge in [0.25, 0.3) is 0 Å². The lowest BCUT2D eigenvalue weighted by atomic mass is 9.35. The quantitative estimate of drug-likeness (QED) is 0.682. The van der Waals surface area contributed by atoms with E-state index in [-0.39, 0.29) is 16.7 Å². The Hall–Kier alpha value is -0.960. The topological polar surface area (TPSA) is 54.4 Å². The van der Waals surface area contributed by atoms with Gasteiger partial charge in [-0.05, 0) is 78.1 Å². The second kappa shape index (κ2) is 6.27. The SMILES string of the molecule is CC1(C)CCC[C@]2(C)[C@H]3C[C@@H](O)[C@]4(C)[C@@H](C=O)C(C=O)=CC[C@H]4[C@]3(C)CC[C@@H]12. The third-order valence-electron chi connectivity index (χ3n) is 10.5. The highest BCUT2D eigenvalue weighted by Gasteiger charge is 2.67. The van der Waals surface area contributed by atoms with Gasteiger partial charge in [-0.25, -0.2) is 0 Å². The van der Waals surface area contributed by atoms with Crippen LogP contribution in [0, 0.1) is 45.3 Å². The van der Waals surface area contributed by atoms with Crippen LogP contribution in [0.4, 0.5) is 0 Å². The summed E-state index contributed by atoms with van der Waals surface area (Å²) in [5, 5.41) is 11.5. The van der Waals surface area contributed by atoms with E-state index in [1.807, 2.05) is 6.08 Å². The first kappa shape index (κ1) is 20.3. The zero-order chi connectivity index (χ0) is 20.5. The Morgan fingerprint density at radius 3 is 2.29 bits per heavy atom. The van der Waals surface area contributed by atoms with E-state index in [2.05, 4.69) is 34.6 Å². The molecule has 1 N–H and O–H groups in total. The maximum atomic E-state index is 12.1. The average molecular weight is 387 g/mol. The van der Waals surface area contributed by atoms with Gasteiger partial charge in [-0.3, -0.25) is 4.79 Å². The molecule has 0 radical (unpaired) electrons. The molecule has 4 aliphatic rings. The van der Waals surface area contributed by atoms with Crippen LogP contribution in [0.25, 0.3) is 0 Å². The van der Waals surface area contributed by atoms with Crippen molar-refractivity contribution in [3.05, 3.63) is 11.6 Å². The van der Waals surface area contributed by atoms with E-state index in [4.69, 9.17) is 0 Å². The van der Waals surface area contributed by atoms with Crippen LogP contribution in [0.3, 0.4) is 0 Å². The molecule has 8 atom stereocenters. The average Bonchev–Trinajstić information content (AvgIpc) is 2.62. The van der Waals surface area contributed by atoms with E-state index in [1.165, 1.54) is 32.1 Å². The predicted molar refractivity (Wildman–Crippen MR) is 111 cm³/mol. The summed E-state index contributed by atoms with van der Waals surface area (Å²) < 4.78 is 0. The first-order valence-corrected chi connectivity index (χ1v) is 11.3. The minimum absolute atomic E-state index is 0.110. The van der Waals surface area contributed by atoms with Crippen LogP contribution in [-0.4, -0.2) is 23.8 Å². The van der Waals surface area contributed by atoms with Gasteiger partial charge >= 0.3 is 0 Å². The second-order valence-electron chi connectivity index (χ2n) is 11.8. The molecule has 0 amide bonds. The minimum Gasteiger partial charge on any atom is -0.393 e. The molecule has 0 spiro atoms. The van der Waals surface area contributed by atoms with E-state index < -0.39 is 17.4 Å². The van der Waals surface area contributed by atoms with Gasteiger partial charge in [0.1, 0.15) is 12.6 Å². The lowest BCUT2D eigenvalue weighted by molar-refractivity contribution is -0.231. The Morgan fingerprint density at radius 2 is 1.64 bits per heavy atom. The van der Waals surface area contributed by atoms with Crippen LogP contribution in [0.15, 0.2) is 11.6 Å². The molecule has 3 heteroatoms. The molecular formula is C25H38O3. The van der Waals surface area contributed by atoms with E-state index in [0.717, 1.165) is 25.4 Å². The molecule has 156 valence electrons. The number of hydrogen-bond donors (Lipinski definition) is 1. The highest BCUT2D eigenvalue weighted by molar-refractivity contribution is 5.82. The maximum absolute atomic E-state index is 12.1. The fourth-order valence-electron chi connectivity index (χ4n) is 9.10. The Kier molecular flexibility index (Phi) is 4.55. The number of rotatable bonds is 2. The first-order valence-electron chi connectivity index (χ1n) is 11.3. The van der Waals surface area contributed by atoms with Crippen molar-refractivity contribution in [1.29, 1.82) is 0 Å². The number of carbonyl (C=O) groups is 2. The number of hydrogen-bond acceptors (Lipinski definition) is 3. The molecule has 4 aliphatic carbocycles. The van der Waals surface area contributed by atoms with E-state index in [1.54, 1.807) is 0 Å². The summed E-state index contributed by atoms with van der Waals surface area (Å²) in [5.74, 6) is 0.945. The standard InChI is InChI=1S/C25H38O3/c1-22(2)10-6-11-23(3)18(22)9-12-24(4)19-8-7-16(14-26)17(15-27)25(19,5)21(28)13-20(23)24/h7,14-15,17-21,28H,6,8-13H2,1-5H3/t17-,18-,19-,20+,21+,23-,24-,25+/m0/s1. The maximum Gasteiger partial charge on any atom is 0.146 e. The summed E-state index contributed by atoms with van der Waals surface area (Å²) in [5.41, 5.74) is 0.767. The van der Waals surface area contributed by atoms with Gasteiger partial charge in [0.05, 0.1) is 12.0 Å². The van der Waals surface area contributed by atoms with Gasteiger partial charge in [-0.15, -0.1) is 0 Å². The minimum atomic E-state index is -0.536. The second-order valence-corrected chi connectivity index (χ2v) is 11.8. The lowest BCUT2D eigenvalue weighted by Gasteiger charge is -2.70. The van der Waals surface area contributed by atoms with Crippen LogP contribution < -0.4 is 0 Å². The third kappa shape index (κ3) is 2.38. The van der Waals surface area contributed by atoms with Crippen LogP contribution in [0.2, 0.25) is 0 Å². The van der Waals surface area contributed by atoms with Crippen LogP contribution >= 0.6 is 0 Å². The summed E-state index contributed by atoms with van der Waals surface area (Å²) in [6.45, 7) is 11.9. The van der Waals surface area contributed by atoms with Gasteiger partial charge in [0.2, 0.25) is 0 Å². The van der Waals surface area contributed by atoms with Crippen molar-refractivity contribution in [1.82, 2.24) is 0 Å². The smallest absolute Gasteiger partial charge is 0.146 e.